The molecule has 1 N–H and O–H groups in total. The van der Waals surface area contributed by atoms with Crippen LogP contribution in [-0.2, 0) is 0 Å². The smallest absolute Gasteiger partial charge is 0.260 e. The summed E-state index contributed by atoms with van der Waals surface area (Å²) in [4.78, 5) is 33.9. The number of rotatable bonds is 3. The first-order chi connectivity index (χ1) is 14.3. The minimum absolute atomic E-state index is 0.00137. The minimum Gasteiger partial charge on any atom is -0.336 e. The lowest BCUT2D eigenvalue weighted by Crippen LogP contribution is -2.47. The maximum atomic E-state index is 12.8. The van der Waals surface area contributed by atoms with Gasteiger partial charge in [-0.15, -0.1) is 0 Å². The lowest BCUT2D eigenvalue weighted by atomic mass is 10.1. The number of nitrogens with zero attached hydrogens (tertiary/aromatic N) is 3. The Balaban J connectivity index is 1.55. The minimum atomic E-state index is -0.500. The molecule has 4 rings (SSSR count). The fourth-order valence-corrected chi connectivity index (χ4v) is 4.80. The molecule has 0 radical (unpaired) electrons. The molecule has 2 amide bonds. The highest BCUT2D eigenvalue weighted by atomic mass is 35.5. The molecule has 0 spiro atoms. The van der Waals surface area contributed by atoms with Crippen molar-refractivity contribution in [2.24, 2.45) is 0 Å². The third-order valence-electron chi connectivity index (χ3n) is 4.92. The van der Waals surface area contributed by atoms with Gasteiger partial charge in [-0.1, -0.05) is 46.1 Å². The van der Waals surface area contributed by atoms with Crippen LogP contribution in [0.25, 0.3) is 10.2 Å². The second-order valence-corrected chi connectivity index (χ2v) is 9.19. The number of piperazine rings is 1. The van der Waals surface area contributed by atoms with Gasteiger partial charge in [0.25, 0.3) is 11.8 Å². The number of likely N-dealkylation sites (N-methyl/N-ethyl adjacent to an activating group) is 1. The number of hydrogen-bond acceptors (Lipinski definition) is 5. The molecule has 1 aliphatic heterocycles. The number of nitrogens with one attached hydrogen (secondary N) is 1. The molecule has 0 unspecified atom stereocenters. The van der Waals surface area contributed by atoms with Gasteiger partial charge in [-0.25, -0.2) is 4.98 Å². The number of aromatic nitrogens is 1. The summed E-state index contributed by atoms with van der Waals surface area (Å²) >= 11 is 19.5. The van der Waals surface area contributed by atoms with Gasteiger partial charge in [-0.05, 0) is 37.4 Å². The van der Waals surface area contributed by atoms with Gasteiger partial charge in [0.2, 0.25) is 0 Å². The molecule has 0 aliphatic carbocycles. The first-order valence-electron chi connectivity index (χ1n) is 9.17. The summed E-state index contributed by atoms with van der Waals surface area (Å²) < 4.78 is 0.800. The zero-order valence-corrected chi connectivity index (χ0v) is 19.0. The van der Waals surface area contributed by atoms with Gasteiger partial charge >= 0.3 is 0 Å². The van der Waals surface area contributed by atoms with Crippen molar-refractivity contribution in [3.05, 3.63) is 56.5 Å². The van der Waals surface area contributed by atoms with Gasteiger partial charge in [-0.3, -0.25) is 14.9 Å². The SMILES string of the molecule is CN1CCN(C(=O)c2ccc3nc(NC(=O)c4c(Cl)ccc(Cl)c4Cl)sc3c2)CC1. The zero-order chi connectivity index (χ0) is 21.4. The number of hydrogen-bond donors (Lipinski definition) is 1. The largest absolute Gasteiger partial charge is 0.336 e. The third kappa shape index (κ3) is 4.26. The van der Waals surface area contributed by atoms with Gasteiger partial charge in [0.1, 0.15) is 0 Å². The predicted molar refractivity (Wildman–Crippen MR) is 122 cm³/mol. The van der Waals surface area contributed by atoms with E-state index in [4.69, 9.17) is 34.8 Å². The number of halogens is 3. The van der Waals surface area contributed by atoms with E-state index < -0.39 is 5.91 Å². The topological polar surface area (TPSA) is 65.5 Å². The fraction of sp³-hybridized carbons (Fsp3) is 0.250. The van der Waals surface area contributed by atoms with Crippen LogP contribution in [0.1, 0.15) is 20.7 Å². The van der Waals surface area contributed by atoms with Crippen LogP contribution in [-0.4, -0.2) is 59.8 Å². The van der Waals surface area contributed by atoms with Crippen molar-refractivity contribution in [2.75, 3.05) is 38.5 Å². The van der Waals surface area contributed by atoms with Gasteiger partial charge in [0.15, 0.2) is 5.13 Å². The van der Waals surface area contributed by atoms with Crippen LogP contribution in [0.15, 0.2) is 30.3 Å². The lowest BCUT2D eigenvalue weighted by molar-refractivity contribution is 0.0664. The van der Waals surface area contributed by atoms with Crippen molar-refractivity contribution in [3.8, 4) is 0 Å². The molecule has 1 aliphatic rings. The van der Waals surface area contributed by atoms with Crippen LogP contribution in [0.4, 0.5) is 5.13 Å². The number of carbonyl (C=O) groups is 2. The van der Waals surface area contributed by atoms with Gasteiger partial charge < -0.3 is 9.80 Å². The van der Waals surface area contributed by atoms with Crippen LogP contribution in [0, 0.1) is 0 Å². The molecule has 3 aromatic rings. The number of thiazole rings is 1. The number of benzene rings is 2. The van der Waals surface area contributed by atoms with E-state index in [9.17, 15) is 9.59 Å². The van der Waals surface area contributed by atoms with Crippen molar-refractivity contribution in [2.45, 2.75) is 0 Å². The summed E-state index contributed by atoms with van der Waals surface area (Å²) in [6.07, 6.45) is 0. The van der Waals surface area contributed by atoms with Crippen LogP contribution >= 0.6 is 46.1 Å². The van der Waals surface area contributed by atoms with Crippen molar-refractivity contribution >= 4 is 73.3 Å². The molecule has 1 fully saturated rings. The first-order valence-corrected chi connectivity index (χ1v) is 11.1. The average Bonchev–Trinajstić information content (AvgIpc) is 3.12. The standard InChI is InChI=1S/C20H17Cl3N4O2S/c1-26-6-8-27(9-7-26)19(29)11-2-5-14-15(10-11)30-20(24-14)25-18(28)16-12(21)3-4-13(22)17(16)23/h2-5,10H,6-9H2,1H3,(H,24,25,28). The molecular weight excluding hydrogens is 467 g/mol. The molecule has 0 saturated carbocycles. The molecule has 30 heavy (non-hydrogen) atoms. The van der Waals surface area contributed by atoms with Crippen LogP contribution in [0.5, 0.6) is 0 Å². The summed E-state index contributed by atoms with van der Waals surface area (Å²) in [5, 5.41) is 3.62. The summed E-state index contributed by atoms with van der Waals surface area (Å²) in [5.74, 6) is -0.498. The number of amides is 2. The third-order valence-corrected chi connectivity index (χ3v) is 6.97. The highest BCUT2D eigenvalue weighted by molar-refractivity contribution is 7.22. The average molecular weight is 484 g/mol. The van der Waals surface area contributed by atoms with Gasteiger partial charge in [-0.2, -0.15) is 0 Å². The number of anilines is 1. The first kappa shape index (κ1) is 21.3. The van der Waals surface area contributed by atoms with Crippen molar-refractivity contribution in [1.82, 2.24) is 14.8 Å². The van der Waals surface area contributed by atoms with E-state index in [2.05, 4.69) is 15.2 Å². The molecule has 6 nitrogen and oxygen atoms in total. The molecule has 0 atom stereocenters. The number of fused-ring (bicyclic) bond motifs is 1. The Bertz CT molecular complexity index is 1140. The maximum absolute atomic E-state index is 12.8. The van der Waals surface area contributed by atoms with Crippen molar-refractivity contribution in [1.29, 1.82) is 0 Å². The molecule has 0 bridgehead atoms. The highest BCUT2D eigenvalue weighted by Gasteiger charge is 2.22. The molecule has 1 saturated heterocycles. The lowest BCUT2D eigenvalue weighted by Gasteiger charge is -2.32. The second kappa shape index (κ2) is 8.69. The Hall–Kier alpha value is -1.90. The van der Waals surface area contributed by atoms with E-state index in [0.717, 1.165) is 17.8 Å². The quantitative estimate of drug-likeness (QED) is 0.538. The molecule has 156 valence electrons. The highest BCUT2D eigenvalue weighted by Crippen LogP contribution is 2.33. The fourth-order valence-electron chi connectivity index (χ4n) is 3.20. The monoisotopic (exact) mass is 482 g/mol. The maximum Gasteiger partial charge on any atom is 0.260 e. The predicted octanol–water partition coefficient (Wildman–Crippen LogP) is 4.90. The Morgan fingerprint density at radius 1 is 1.03 bits per heavy atom. The summed E-state index contributed by atoms with van der Waals surface area (Å²) in [5.41, 5.74) is 1.39. The van der Waals surface area contributed by atoms with Crippen LogP contribution in [0.2, 0.25) is 15.1 Å². The summed E-state index contributed by atoms with van der Waals surface area (Å²) in [7, 11) is 2.05. The zero-order valence-electron chi connectivity index (χ0n) is 15.9. The van der Waals surface area contributed by atoms with Gasteiger partial charge in [0, 0.05) is 31.7 Å². The molecular formula is C20H17Cl3N4O2S. The van der Waals surface area contributed by atoms with Crippen molar-refractivity contribution in [3.63, 3.8) is 0 Å². The molecule has 1 aromatic heterocycles. The van der Waals surface area contributed by atoms with E-state index in [1.807, 2.05) is 18.0 Å². The molecule has 2 heterocycles. The van der Waals surface area contributed by atoms with E-state index in [0.29, 0.717) is 29.3 Å². The number of carbonyl (C=O) groups excluding carboxylic acids is 2. The molecule has 10 heteroatoms. The Morgan fingerprint density at radius 3 is 2.47 bits per heavy atom. The second-order valence-electron chi connectivity index (χ2n) is 6.97. The van der Waals surface area contributed by atoms with Crippen LogP contribution in [0.3, 0.4) is 0 Å². The van der Waals surface area contributed by atoms with Gasteiger partial charge in [0.05, 0.1) is 30.8 Å². The Labute approximate surface area is 192 Å². The van der Waals surface area contributed by atoms with E-state index in [1.165, 1.54) is 23.5 Å². The van der Waals surface area contributed by atoms with E-state index in [1.54, 1.807) is 12.1 Å². The Morgan fingerprint density at radius 2 is 1.73 bits per heavy atom. The van der Waals surface area contributed by atoms with E-state index in [-0.39, 0.29) is 26.5 Å². The normalized spacial score (nSPS) is 14.9. The van der Waals surface area contributed by atoms with Crippen LogP contribution < -0.4 is 5.32 Å². The summed E-state index contributed by atoms with van der Waals surface area (Å²) in [6.45, 7) is 3.13. The molecule has 2 aromatic carbocycles. The Kier molecular flexibility index (Phi) is 6.18. The van der Waals surface area contributed by atoms with Crippen molar-refractivity contribution < 1.29 is 9.59 Å². The van der Waals surface area contributed by atoms with E-state index >= 15 is 0 Å². The summed E-state index contributed by atoms with van der Waals surface area (Å²) in [6, 6.07) is 8.39.